The predicted octanol–water partition coefficient (Wildman–Crippen LogP) is 0.724. The summed E-state index contributed by atoms with van der Waals surface area (Å²) in [5.74, 6) is -0.752. The molecule has 2 N–H and O–H groups in total. The summed E-state index contributed by atoms with van der Waals surface area (Å²) in [6, 6.07) is 6.25. The Morgan fingerprint density at radius 2 is 1.91 bits per heavy atom. The quantitative estimate of drug-likeness (QED) is 0.804. The number of nitrogens with zero attached hydrogens (tertiary/aromatic N) is 2. The fraction of sp³-hybridized carbons (Fsp3) is 0.500. The molecule has 0 spiro atoms. The Balaban J connectivity index is 1.99. The molecule has 126 valence electrons. The molecular weight excluding hydrogens is 298 g/mol. The smallest absolute Gasteiger partial charge is 0.321 e. The minimum Gasteiger partial charge on any atom is -0.495 e. The summed E-state index contributed by atoms with van der Waals surface area (Å²) in [5.41, 5.74) is 0.544. The standard InChI is InChI=1S/C16H23N3O4/c1-18-7-9-19(10-8-18)13(16(21)22)11-15(20)17-12-5-3-4-6-14(12)23-2/h3-6,13H,7-11H2,1-2H3,(H,17,20)(H,21,22). The van der Waals surface area contributed by atoms with Gasteiger partial charge in [-0.1, -0.05) is 12.1 Å². The Labute approximate surface area is 135 Å². The lowest BCUT2D eigenvalue weighted by atomic mass is 10.1. The van der Waals surface area contributed by atoms with Gasteiger partial charge in [-0.25, -0.2) is 0 Å². The van der Waals surface area contributed by atoms with E-state index in [4.69, 9.17) is 4.74 Å². The first kappa shape index (κ1) is 17.2. The fourth-order valence-corrected chi connectivity index (χ4v) is 2.63. The molecular formula is C16H23N3O4. The van der Waals surface area contributed by atoms with E-state index in [0.717, 1.165) is 13.1 Å². The van der Waals surface area contributed by atoms with Gasteiger partial charge in [-0.3, -0.25) is 14.5 Å². The zero-order valence-electron chi connectivity index (χ0n) is 13.5. The molecule has 0 saturated carbocycles. The Kier molecular flexibility index (Phi) is 5.95. The van der Waals surface area contributed by atoms with Crippen LogP contribution < -0.4 is 10.1 Å². The van der Waals surface area contributed by atoms with Crippen LogP contribution in [-0.2, 0) is 9.59 Å². The molecule has 2 rings (SSSR count). The predicted molar refractivity (Wildman–Crippen MR) is 86.7 cm³/mol. The fourth-order valence-electron chi connectivity index (χ4n) is 2.63. The maximum atomic E-state index is 12.2. The molecule has 1 aromatic carbocycles. The van der Waals surface area contributed by atoms with Crippen LogP contribution in [0, 0.1) is 0 Å². The lowest BCUT2D eigenvalue weighted by molar-refractivity contribution is -0.145. The van der Waals surface area contributed by atoms with Gasteiger partial charge in [0.2, 0.25) is 5.91 Å². The van der Waals surface area contributed by atoms with Gasteiger partial charge in [-0.15, -0.1) is 0 Å². The van der Waals surface area contributed by atoms with Gasteiger partial charge in [0.05, 0.1) is 19.2 Å². The number of hydrogen-bond donors (Lipinski definition) is 2. The molecule has 0 aliphatic carbocycles. The number of carboxylic acids is 1. The molecule has 7 nitrogen and oxygen atoms in total. The molecule has 1 saturated heterocycles. The number of piperazine rings is 1. The summed E-state index contributed by atoms with van der Waals surface area (Å²) in [7, 11) is 3.52. The van der Waals surface area contributed by atoms with E-state index in [2.05, 4.69) is 10.2 Å². The van der Waals surface area contributed by atoms with E-state index in [1.54, 1.807) is 24.3 Å². The number of anilines is 1. The normalized spacial score (nSPS) is 17.5. The van der Waals surface area contributed by atoms with Crippen LogP contribution >= 0.6 is 0 Å². The second-order valence-corrected chi connectivity index (χ2v) is 5.65. The van der Waals surface area contributed by atoms with Crippen molar-refractivity contribution in [3.8, 4) is 5.75 Å². The van der Waals surface area contributed by atoms with E-state index in [1.165, 1.54) is 7.11 Å². The third-order valence-electron chi connectivity index (χ3n) is 4.02. The number of rotatable bonds is 6. The Hall–Kier alpha value is -2.12. The zero-order chi connectivity index (χ0) is 16.8. The molecule has 1 amide bonds. The van der Waals surface area contributed by atoms with Crippen molar-refractivity contribution in [1.82, 2.24) is 9.80 Å². The van der Waals surface area contributed by atoms with Crippen molar-refractivity contribution in [2.24, 2.45) is 0 Å². The second-order valence-electron chi connectivity index (χ2n) is 5.65. The van der Waals surface area contributed by atoms with Crippen LogP contribution in [0.4, 0.5) is 5.69 Å². The maximum Gasteiger partial charge on any atom is 0.321 e. The molecule has 0 aromatic heterocycles. The van der Waals surface area contributed by atoms with Crippen molar-refractivity contribution in [2.45, 2.75) is 12.5 Å². The van der Waals surface area contributed by atoms with Crippen molar-refractivity contribution < 1.29 is 19.4 Å². The van der Waals surface area contributed by atoms with Crippen LogP contribution in [0.25, 0.3) is 0 Å². The highest BCUT2D eigenvalue weighted by molar-refractivity contribution is 5.95. The molecule has 0 radical (unpaired) electrons. The number of carbonyl (C=O) groups is 2. The van der Waals surface area contributed by atoms with E-state index in [1.807, 2.05) is 11.9 Å². The van der Waals surface area contributed by atoms with Crippen LogP contribution in [0.5, 0.6) is 5.75 Å². The molecule has 1 aliphatic rings. The average molecular weight is 321 g/mol. The summed E-state index contributed by atoms with van der Waals surface area (Å²) >= 11 is 0. The summed E-state index contributed by atoms with van der Waals surface area (Å²) in [5, 5.41) is 12.2. The van der Waals surface area contributed by atoms with E-state index in [0.29, 0.717) is 24.5 Å². The molecule has 23 heavy (non-hydrogen) atoms. The highest BCUT2D eigenvalue weighted by atomic mass is 16.5. The van der Waals surface area contributed by atoms with Crippen molar-refractivity contribution >= 4 is 17.6 Å². The molecule has 1 fully saturated rings. The molecule has 1 heterocycles. The number of para-hydroxylation sites is 2. The van der Waals surface area contributed by atoms with E-state index in [9.17, 15) is 14.7 Å². The minimum atomic E-state index is -0.968. The van der Waals surface area contributed by atoms with Gasteiger partial charge in [0.1, 0.15) is 11.8 Å². The first-order chi connectivity index (χ1) is 11.0. The Bertz CT molecular complexity index is 556. The number of likely N-dealkylation sites (N-methyl/N-ethyl adjacent to an activating group) is 1. The molecule has 1 unspecified atom stereocenters. The number of methoxy groups -OCH3 is 1. The molecule has 7 heteroatoms. The van der Waals surface area contributed by atoms with E-state index in [-0.39, 0.29) is 12.3 Å². The molecule has 1 aromatic rings. The number of hydrogen-bond acceptors (Lipinski definition) is 5. The monoisotopic (exact) mass is 321 g/mol. The molecule has 1 atom stereocenters. The van der Waals surface area contributed by atoms with Gasteiger partial charge in [0, 0.05) is 26.2 Å². The van der Waals surface area contributed by atoms with Crippen LogP contribution in [0.3, 0.4) is 0 Å². The molecule has 1 aliphatic heterocycles. The Morgan fingerprint density at radius 1 is 1.26 bits per heavy atom. The molecule has 0 bridgehead atoms. The van der Waals surface area contributed by atoms with Gasteiger partial charge in [0.25, 0.3) is 0 Å². The zero-order valence-corrected chi connectivity index (χ0v) is 13.5. The maximum absolute atomic E-state index is 12.2. The van der Waals surface area contributed by atoms with Gasteiger partial charge >= 0.3 is 5.97 Å². The average Bonchev–Trinajstić information content (AvgIpc) is 2.54. The minimum absolute atomic E-state index is 0.0862. The van der Waals surface area contributed by atoms with Crippen molar-refractivity contribution in [1.29, 1.82) is 0 Å². The number of aliphatic carboxylic acids is 1. The number of carboxylic acid groups (broad SMARTS) is 1. The lowest BCUT2D eigenvalue weighted by Crippen LogP contribution is -2.52. The van der Waals surface area contributed by atoms with Crippen molar-refractivity contribution in [2.75, 3.05) is 45.7 Å². The van der Waals surface area contributed by atoms with Crippen LogP contribution in [0.15, 0.2) is 24.3 Å². The van der Waals surface area contributed by atoms with E-state index < -0.39 is 12.0 Å². The van der Waals surface area contributed by atoms with Crippen LogP contribution in [0.1, 0.15) is 6.42 Å². The third kappa shape index (κ3) is 4.67. The summed E-state index contributed by atoms with van der Waals surface area (Å²) in [6.07, 6.45) is -0.0862. The highest BCUT2D eigenvalue weighted by Crippen LogP contribution is 2.23. The SMILES string of the molecule is COc1ccccc1NC(=O)CC(C(=O)O)N1CCN(C)CC1. The number of nitrogens with one attached hydrogen (secondary N) is 1. The first-order valence-corrected chi connectivity index (χ1v) is 7.59. The number of benzene rings is 1. The summed E-state index contributed by atoms with van der Waals surface area (Å²) < 4.78 is 5.18. The van der Waals surface area contributed by atoms with Crippen LogP contribution in [-0.4, -0.2) is 73.2 Å². The van der Waals surface area contributed by atoms with E-state index >= 15 is 0 Å². The summed E-state index contributed by atoms with van der Waals surface area (Å²) in [4.78, 5) is 27.8. The highest BCUT2D eigenvalue weighted by Gasteiger charge is 2.30. The van der Waals surface area contributed by atoms with Gasteiger partial charge in [0.15, 0.2) is 0 Å². The largest absolute Gasteiger partial charge is 0.495 e. The van der Waals surface area contributed by atoms with Crippen LogP contribution in [0.2, 0.25) is 0 Å². The van der Waals surface area contributed by atoms with Gasteiger partial charge in [-0.2, -0.15) is 0 Å². The number of carbonyl (C=O) groups excluding carboxylic acids is 1. The number of amides is 1. The third-order valence-corrected chi connectivity index (χ3v) is 4.02. The number of ether oxygens (including phenoxy) is 1. The van der Waals surface area contributed by atoms with Gasteiger partial charge in [-0.05, 0) is 19.2 Å². The second kappa shape index (κ2) is 7.94. The van der Waals surface area contributed by atoms with Crippen molar-refractivity contribution in [3.63, 3.8) is 0 Å². The Morgan fingerprint density at radius 3 is 2.52 bits per heavy atom. The van der Waals surface area contributed by atoms with Gasteiger partial charge < -0.3 is 20.1 Å². The van der Waals surface area contributed by atoms with Crippen molar-refractivity contribution in [3.05, 3.63) is 24.3 Å². The summed E-state index contributed by atoms with van der Waals surface area (Å²) in [6.45, 7) is 2.90. The lowest BCUT2D eigenvalue weighted by Gasteiger charge is -2.35. The first-order valence-electron chi connectivity index (χ1n) is 7.59. The topological polar surface area (TPSA) is 82.1 Å².